The highest BCUT2D eigenvalue weighted by Crippen LogP contribution is 2.27. The van der Waals surface area contributed by atoms with Gasteiger partial charge in [0.2, 0.25) is 0 Å². The van der Waals surface area contributed by atoms with Crippen molar-refractivity contribution >= 4 is 24.0 Å². The minimum atomic E-state index is 0.268. The maximum absolute atomic E-state index is 5.45. The summed E-state index contributed by atoms with van der Waals surface area (Å²) in [6.07, 6.45) is 6.07. The van der Waals surface area contributed by atoms with Gasteiger partial charge in [-0.05, 0) is 25.7 Å². The van der Waals surface area contributed by atoms with Crippen LogP contribution in [0, 0.1) is 4.64 Å². The van der Waals surface area contributed by atoms with Crippen LogP contribution in [0.5, 0.6) is 0 Å². The molecule has 1 N–H and O–H groups in total. The summed E-state index contributed by atoms with van der Waals surface area (Å²) in [5.41, 5.74) is 2.64. The highest BCUT2D eigenvalue weighted by atomic mass is 32.2. The molecule has 1 aromatic heterocycles. The van der Waals surface area contributed by atoms with Crippen LogP contribution in [0.4, 0.5) is 0 Å². The normalized spacial score (nSPS) is 16.2. The average Bonchev–Trinajstić information content (AvgIpc) is 2.51. The van der Waals surface area contributed by atoms with Gasteiger partial charge in [-0.25, -0.2) is 4.98 Å². The molecule has 0 aromatic carbocycles. The molecule has 0 spiro atoms. The molecule has 1 heterocycles. The monoisotopic (exact) mass is 282 g/mol. The third-order valence-corrected chi connectivity index (χ3v) is 4.77. The first-order valence-corrected chi connectivity index (χ1v) is 8.10. The number of nitrogens with zero attached hydrogens (tertiary/aromatic N) is 1. The van der Waals surface area contributed by atoms with Crippen molar-refractivity contribution in [2.24, 2.45) is 0 Å². The van der Waals surface area contributed by atoms with Gasteiger partial charge in [-0.2, -0.15) is 0 Å². The SMILES string of the molecule is CC(C)(C)SCc1nc(=S)c2c([nH]1)CCCCC2. The standard InChI is InChI=1S/C14H22N2S2/c1-14(2,3)18-9-12-15-11-8-6-4-5-7-10(11)13(17)16-12/h4-9H2,1-3H3,(H,15,16,17). The number of fused-ring (bicyclic) bond motifs is 1. The van der Waals surface area contributed by atoms with Crippen LogP contribution in [0.2, 0.25) is 0 Å². The Labute approximate surface area is 119 Å². The molecule has 0 bridgehead atoms. The first-order valence-electron chi connectivity index (χ1n) is 6.70. The van der Waals surface area contributed by atoms with Gasteiger partial charge in [-0.3, -0.25) is 0 Å². The molecule has 0 radical (unpaired) electrons. The summed E-state index contributed by atoms with van der Waals surface area (Å²) in [4.78, 5) is 8.09. The van der Waals surface area contributed by atoms with Gasteiger partial charge in [0, 0.05) is 16.0 Å². The van der Waals surface area contributed by atoms with Crippen LogP contribution in [0.25, 0.3) is 0 Å². The predicted molar refractivity (Wildman–Crippen MR) is 81.7 cm³/mol. The highest BCUT2D eigenvalue weighted by Gasteiger charge is 2.15. The molecule has 0 amide bonds. The maximum atomic E-state index is 5.45. The Morgan fingerprint density at radius 1 is 1.22 bits per heavy atom. The average molecular weight is 282 g/mol. The first kappa shape index (κ1) is 14.1. The Kier molecular flexibility index (Phi) is 4.49. The number of aryl methyl sites for hydroxylation is 1. The van der Waals surface area contributed by atoms with E-state index >= 15 is 0 Å². The van der Waals surface area contributed by atoms with Crippen molar-refractivity contribution in [3.63, 3.8) is 0 Å². The molecule has 1 aliphatic carbocycles. The second-order valence-electron chi connectivity index (χ2n) is 5.91. The topological polar surface area (TPSA) is 28.7 Å². The van der Waals surface area contributed by atoms with E-state index in [9.17, 15) is 0 Å². The Balaban J connectivity index is 2.21. The van der Waals surface area contributed by atoms with Gasteiger partial charge < -0.3 is 4.98 Å². The number of hydrogen-bond donors (Lipinski definition) is 1. The number of hydrogen-bond acceptors (Lipinski definition) is 3. The van der Waals surface area contributed by atoms with Gasteiger partial charge in [0.05, 0.1) is 5.75 Å². The summed E-state index contributed by atoms with van der Waals surface area (Å²) in [6.45, 7) is 6.70. The summed E-state index contributed by atoms with van der Waals surface area (Å²) in [6, 6.07) is 0. The quantitative estimate of drug-likeness (QED) is 0.642. The third-order valence-electron chi connectivity index (χ3n) is 3.15. The molecule has 100 valence electrons. The van der Waals surface area contributed by atoms with E-state index in [1.54, 1.807) is 0 Å². The Bertz CT molecular complexity index is 472. The molecule has 0 saturated heterocycles. The van der Waals surface area contributed by atoms with Gasteiger partial charge >= 0.3 is 0 Å². The minimum Gasteiger partial charge on any atom is -0.346 e. The predicted octanol–water partition coefficient (Wildman–Crippen LogP) is 4.44. The van der Waals surface area contributed by atoms with Gasteiger partial charge in [-0.1, -0.05) is 39.4 Å². The number of rotatable bonds is 2. The Morgan fingerprint density at radius 3 is 2.67 bits per heavy atom. The van der Waals surface area contributed by atoms with Crippen molar-refractivity contribution in [1.82, 2.24) is 9.97 Å². The molecular formula is C14H22N2S2. The van der Waals surface area contributed by atoms with Crippen LogP contribution in [-0.2, 0) is 18.6 Å². The van der Waals surface area contributed by atoms with E-state index in [4.69, 9.17) is 12.2 Å². The lowest BCUT2D eigenvalue weighted by molar-refractivity contribution is 0.708. The third kappa shape index (κ3) is 3.82. The zero-order valence-corrected chi connectivity index (χ0v) is 13.1. The van der Waals surface area contributed by atoms with Crippen molar-refractivity contribution in [1.29, 1.82) is 0 Å². The highest BCUT2D eigenvalue weighted by molar-refractivity contribution is 7.99. The second-order valence-corrected chi connectivity index (χ2v) is 8.10. The van der Waals surface area contributed by atoms with E-state index in [0.29, 0.717) is 0 Å². The van der Waals surface area contributed by atoms with E-state index in [0.717, 1.165) is 29.1 Å². The molecule has 0 aliphatic heterocycles. The van der Waals surface area contributed by atoms with Gasteiger partial charge in [-0.15, -0.1) is 11.8 Å². The lowest BCUT2D eigenvalue weighted by Gasteiger charge is -2.17. The molecule has 1 aromatic rings. The largest absolute Gasteiger partial charge is 0.346 e. The number of thioether (sulfide) groups is 1. The molecular weight excluding hydrogens is 260 g/mol. The summed E-state index contributed by atoms with van der Waals surface area (Å²) < 4.78 is 1.10. The second kappa shape index (κ2) is 5.74. The van der Waals surface area contributed by atoms with Gasteiger partial charge in [0.1, 0.15) is 10.5 Å². The van der Waals surface area contributed by atoms with Crippen LogP contribution in [0.15, 0.2) is 0 Å². The van der Waals surface area contributed by atoms with Crippen molar-refractivity contribution < 1.29 is 0 Å². The van der Waals surface area contributed by atoms with E-state index in [-0.39, 0.29) is 4.75 Å². The molecule has 1 aliphatic rings. The van der Waals surface area contributed by atoms with Crippen molar-refractivity contribution in [2.75, 3.05) is 0 Å². The fourth-order valence-electron chi connectivity index (χ4n) is 2.20. The maximum Gasteiger partial charge on any atom is 0.133 e. The summed E-state index contributed by atoms with van der Waals surface area (Å²) >= 11 is 7.36. The van der Waals surface area contributed by atoms with Crippen LogP contribution in [0.1, 0.15) is 57.1 Å². The Morgan fingerprint density at radius 2 is 1.94 bits per heavy atom. The summed E-state index contributed by atoms with van der Waals surface area (Å²) in [7, 11) is 0. The van der Waals surface area contributed by atoms with E-state index < -0.39 is 0 Å². The molecule has 0 unspecified atom stereocenters. The molecule has 2 nitrogen and oxygen atoms in total. The lowest BCUT2D eigenvalue weighted by atomic mass is 10.1. The minimum absolute atomic E-state index is 0.268. The van der Waals surface area contributed by atoms with Crippen molar-refractivity contribution in [3.05, 3.63) is 21.7 Å². The molecule has 4 heteroatoms. The fraction of sp³-hybridized carbons (Fsp3) is 0.714. The first-order chi connectivity index (χ1) is 8.46. The zero-order chi connectivity index (χ0) is 13.2. The van der Waals surface area contributed by atoms with Crippen molar-refractivity contribution in [2.45, 2.75) is 63.4 Å². The fourth-order valence-corrected chi connectivity index (χ4v) is 3.24. The van der Waals surface area contributed by atoms with Gasteiger partial charge in [0.25, 0.3) is 0 Å². The summed E-state index contributed by atoms with van der Waals surface area (Å²) in [5, 5.41) is 0. The number of aromatic amines is 1. The number of aromatic nitrogens is 2. The number of H-pyrrole nitrogens is 1. The van der Waals surface area contributed by atoms with Crippen molar-refractivity contribution in [3.8, 4) is 0 Å². The summed E-state index contributed by atoms with van der Waals surface area (Å²) in [5.74, 6) is 1.96. The van der Waals surface area contributed by atoms with Gasteiger partial charge in [0.15, 0.2) is 0 Å². The molecule has 2 rings (SSSR count). The van der Waals surface area contributed by atoms with E-state index in [1.807, 2.05) is 11.8 Å². The zero-order valence-electron chi connectivity index (χ0n) is 11.5. The van der Waals surface area contributed by atoms with Crippen LogP contribution < -0.4 is 0 Å². The smallest absolute Gasteiger partial charge is 0.133 e. The molecule has 0 saturated carbocycles. The van der Waals surface area contributed by atoms with E-state index in [2.05, 4.69) is 30.7 Å². The molecule has 0 fully saturated rings. The molecule has 0 atom stereocenters. The molecule has 18 heavy (non-hydrogen) atoms. The number of nitrogens with one attached hydrogen (secondary N) is 1. The Hall–Kier alpha value is -0.350. The van der Waals surface area contributed by atoms with Crippen LogP contribution in [-0.4, -0.2) is 14.7 Å². The van der Waals surface area contributed by atoms with E-state index in [1.165, 1.54) is 30.5 Å². The lowest BCUT2D eigenvalue weighted by Crippen LogP contribution is -2.10. The van der Waals surface area contributed by atoms with Crippen LogP contribution >= 0.6 is 24.0 Å². The van der Waals surface area contributed by atoms with Crippen LogP contribution in [0.3, 0.4) is 0 Å².